The van der Waals surface area contributed by atoms with E-state index < -0.39 is 5.97 Å². The van der Waals surface area contributed by atoms with Crippen LogP contribution in [-0.2, 0) is 6.54 Å². The van der Waals surface area contributed by atoms with Crippen LogP contribution in [0.2, 0.25) is 15.1 Å². The van der Waals surface area contributed by atoms with Crippen molar-refractivity contribution in [1.82, 2.24) is 0 Å². The molecule has 1 aromatic heterocycles. The zero-order chi connectivity index (χ0) is 14.0. The van der Waals surface area contributed by atoms with Gasteiger partial charge in [0.25, 0.3) is 0 Å². The molecular formula is C12H8Cl3NO3. The lowest BCUT2D eigenvalue weighted by molar-refractivity contribution is 0.0660. The van der Waals surface area contributed by atoms with Gasteiger partial charge in [-0.25, -0.2) is 4.79 Å². The van der Waals surface area contributed by atoms with Gasteiger partial charge < -0.3 is 14.8 Å². The Morgan fingerprint density at radius 3 is 2.37 bits per heavy atom. The fraction of sp³-hybridized carbons (Fsp3) is 0.0833. The number of hydrogen-bond donors (Lipinski definition) is 2. The third-order valence-electron chi connectivity index (χ3n) is 2.32. The van der Waals surface area contributed by atoms with E-state index in [1.54, 1.807) is 18.2 Å². The maximum atomic E-state index is 10.7. The van der Waals surface area contributed by atoms with Crippen molar-refractivity contribution in [2.45, 2.75) is 6.54 Å². The molecule has 0 radical (unpaired) electrons. The van der Waals surface area contributed by atoms with Crippen LogP contribution < -0.4 is 5.32 Å². The number of hydrogen-bond acceptors (Lipinski definition) is 3. The summed E-state index contributed by atoms with van der Waals surface area (Å²) in [6, 6.07) is 6.06. The lowest BCUT2D eigenvalue weighted by Crippen LogP contribution is -2.00. The first kappa shape index (κ1) is 14.1. The van der Waals surface area contributed by atoms with Crippen LogP contribution in [0.15, 0.2) is 28.7 Å². The summed E-state index contributed by atoms with van der Waals surface area (Å²) in [4.78, 5) is 10.7. The lowest BCUT2D eigenvalue weighted by Gasteiger charge is -2.09. The van der Waals surface area contributed by atoms with Gasteiger partial charge in [-0.05, 0) is 24.3 Å². The standard InChI is InChI=1S/C12H8Cl3NO3/c13-6-3-8(14)11(9(15)4-6)16-5-7-1-2-10(19-7)12(17)18/h1-4,16H,5H2,(H,17,18). The average Bonchev–Trinajstić information content (AvgIpc) is 2.76. The number of carboxylic acids is 1. The van der Waals surface area contributed by atoms with Crippen molar-refractivity contribution in [3.05, 3.63) is 50.9 Å². The van der Waals surface area contributed by atoms with Crippen LogP contribution in [-0.4, -0.2) is 11.1 Å². The maximum Gasteiger partial charge on any atom is 0.371 e. The molecule has 0 aliphatic heterocycles. The van der Waals surface area contributed by atoms with Crippen molar-refractivity contribution in [3.8, 4) is 0 Å². The molecule has 0 saturated heterocycles. The van der Waals surface area contributed by atoms with E-state index in [0.717, 1.165) is 0 Å². The summed E-state index contributed by atoms with van der Waals surface area (Å²) in [7, 11) is 0. The van der Waals surface area contributed by atoms with Crippen LogP contribution in [0, 0.1) is 0 Å². The molecule has 19 heavy (non-hydrogen) atoms. The molecule has 0 saturated carbocycles. The number of benzene rings is 1. The number of anilines is 1. The van der Waals surface area contributed by atoms with Crippen molar-refractivity contribution in [3.63, 3.8) is 0 Å². The van der Waals surface area contributed by atoms with Gasteiger partial charge in [0, 0.05) is 5.02 Å². The van der Waals surface area contributed by atoms with Gasteiger partial charge >= 0.3 is 5.97 Å². The Balaban J connectivity index is 2.12. The molecule has 2 rings (SSSR count). The fourth-order valence-electron chi connectivity index (χ4n) is 1.47. The van der Waals surface area contributed by atoms with Gasteiger partial charge in [-0.3, -0.25) is 0 Å². The largest absolute Gasteiger partial charge is 0.475 e. The van der Waals surface area contributed by atoms with E-state index in [4.69, 9.17) is 44.3 Å². The lowest BCUT2D eigenvalue weighted by atomic mass is 10.3. The van der Waals surface area contributed by atoms with Crippen LogP contribution in [0.3, 0.4) is 0 Å². The molecule has 2 N–H and O–H groups in total. The minimum Gasteiger partial charge on any atom is -0.475 e. The molecule has 0 atom stereocenters. The minimum absolute atomic E-state index is 0.120. The Kier molecular flexibility index (Phi) is 4.24. The molecule has 4 nitrogen and oxygen atoms in total. The van der Waals surface area contributed by atoms with E-state index in [1.807, 2.05) is 0 Å². The Hall–Kier alpha value is -1.36. The van der Waals surface area contributed by atoms with Crippen LogP contribution >= 0.6 is 34.8 Å². The van der Waals surface area contributed by atoms with E-state index >= 15 is 0 Å². The highest BCUT2D eigenvalue weighted by Crippen LogP contribution is 2.33. The Morgan fingerprint density at radius 2 is 1.84 bits per heavy atom. The zero-order valence-corrected chi connectivity index (χ0v) is 11.7. The first-order chi connectivity index (χ1) is 8.97. The summed E-state index contributed by atoms with van der Waals surface area (Å²) in [6.07, 6.45) is 0. The van der Waals surface area contributed by atoms with Gasteiger partial charge in [0.05, 0.1) is 22.3 Å². The van der Waals surface area contributed by atoms with E-state index in [9.17, 15) is 4.79 Å². The predicted molar refractivity (Wildman–Crippen MR) is 74.5 cm³/mol. The highest BCUT2D eigenvalue weighted by Gasteiger charge is 2.11. The molecule has 0 bridgehead atoms. The van der Waals surface area contributed by atoms with Gasteiger partial charge in [0.1, 0.15) is 5.76 Å². The van der Waals surface area contributed by atoms with Crippen LogP contribution in [0.5, 0.6) is 0 Å². The fourth-order valence-corrected chi connectivity index (χ4v) is 2.43. The summed E-state index contributed by atoms with van der Waals surface area (Å²) < 4.78 is 5.10. The van der Waals surface area contributed by atoms with Gasteiger partial charge in [-0.1, -0.05) is 34.8 Å². The molecule has 2 aromatic rings. The molecule has 0 aliphatic carbocycles. The van der Waals surface area contributed by atoms with Crippen LogP contribution in [0.1, 0.15) is 16.3 Å². The van der Waals surface area contributed by atoms with Gasteiger partial charge in [-0.2, -0.15) is 0 Å². The number of carbonyl (C=O) groups is 1. The normalized spacial score (nSPS) is 10.5. The monoisotopic (exact) mass is 319 g/mol. The topological polar surface area (TPSA) is 62.5 Å². The van der Waals surface area contributed by atoms with Crippen molar-refractivity contribution >= 4 is 46.5 Å². The predicted octanol–water partition coefficient (Wildman–Crippen LogP) is 4.55. The molecule has 0 unspecified atom stereocenters. The van der Waals surface area contributed by atoms with Crippen molar-refractivity contribution in [2.24, 2.45) is 0 Å². The Morgan fingerprint density at radius 1 is 1.21 bits per heavy atom. The molecule has 0 amide bonds. The number of nitrogens with one attached hydrogen (secondary N) is 1. The Labute approximate surface area is 123 Å². The summed E-state index contributed by atoms with van der Waals surface area (Å²) in [5, 5.41) is 12.9. The van der Waals surface area contributed by atoms with Crippen LogP contribution in [0.4, 0.5) is 5.69 Å². The first-order valence-corrected chi connectivity index (χ1v) is 6.31. The van der Waals surface area contributed by atoms with Crippen molar-refractivity contribution in [1.29, 1.82) is 0 Å². The van der Waals surface area contributed by atoms with E-state index in [-0.39, 0.29) is 12.3 Å². The van der Waals surface area contributed by atoms with Crippen molar-refractivity contribution in [2.75, 3.05) is 5.32 Å². The van der Waals surface area contributed by atoms with E-state index in [0.29, 0.717) is 26.5 Å². The molecule has 7 heteroatoms. The molecular weight excluding hydrogens is 312 g/mol. The third kappa shape index (κ3) is 3.35. The minimum atomic E-state index is -1.12. The maximum absolute atomic E-state index is 10.7. The number of halogens is 3. The molecule has 1 heterocycles. The number of aromatic carboxylic acids is 1. The van der Waals surface area contributed by atoms with E-state index in [2.05, 4.69) is 5.32 Å². The smallest absolute Gasteiger partial charge is 0.371 e. The highest BCUT2D eigenvalue weighted by atomic mass is 35.5. The van der Waals surface area contributed by atoms with Gasteiger partial charge in [0.15, 0.2) is 0 Å². The molecule has 0 fully saturated rings. The van der Waals surface area contributed by atoms with E-state index in [1.165, 1.54) is 6.07 Å². The molecule has 0 aliphatic rings. The van der Waals surface area contributed by atoms with Crippen LogP contribution in [0.25, 0.3) is 0 Å². The Bertz CT molecular complexity index is 601. The second-order valence-corrected chi connectivity index (χ2v) is 4.92. The summed E-state index contributed by atoms with van der Waals surface area (Å²) in [6.45, 7) is 0.258. The third-order valence-corrected chi connectivity index (χ3v) is 3.13. The second-order valence-electron chi connectivity index (χ2n) is 3.67. The second kappa shape index (κ2) is 5.74. The molecule has 0 spiro atoms. The summed E-state index contributed by atoms with van der Waals surface area (Å²) in [5.74, 6) is -0.779. The van der Waals surface area contributed by atoms with Gasteiger partial charge in [0.2, 0.25) is 5.76 Å². The first-order valence-electron chi connectivity index (χ1n) is 5.18. The summed E-state index contributed by atoms with van der Waals surface area (Å²) >= 11 is 17.8. The number of carboxylic acid groups (broad SMARTS) is 1. The SMILES string of the molecule is O=C(O)c1ccc(CNc2c(Cl)cc(Cl)cc2Cl)o1. The number of rotatable bonds is 4. The van der Waals surface area contributed by atoms with Crippen molar-refractivity contribution < 1.29 is 14.3 Å². The number of furan rings is 1. The summed E-state index contributed by atoms with van der Waals surface area (Å²) in [5.41, 5.74) is 0.515. The average molecular weight is 321 g/mol. The van der Waals surface area contributed by atoms with Gasteiger partial charge in [-0.15, -0.1) is 0 Å². The quantitative estimate of drug-likeness (QED) is 0.867. The zero-order valence-electron chi connectivity index (χ0n) is 9.41. The molecule has 1 aromatic carbocycles. The molecule has 100 valence electrons. The highest BCUT2D eigenvalue weighted by molar-refractivity contribution is 6.41.